The molecule has 0 aromatic carbocycles. The van der Waals surface area contributed by atoms with Crippen molar-refractivity contribution in [3.8, 4) is 0 Å². The minimum absolute atomic E-state index is 0.0434. The van der Waals surface area contributed by atoms with Crippen LogP contribution < -0.4 is 16.1 Å². The average molecular weight is 355 g/mol. The number of hydrogen-bond acceptors (Lipinski definition) is 5. The predicted octanol–water partition coefficient (Wildman–Crippen LogP) is 0.407. The number of fused-ring (bicyclic) bond motifs is 1. The van der Waals surface area contributed by atoms with Crippen LogP contribution in [0.5, 0.6) is 0 Å². The number of aliphatic imine (C=N–C) groups is 1. The van der Waals surface area contributed by atoms with Crippen LogP contribution in [0, 0.1) is 0 Å². The molecule has 0 saturated heterocycles. The molecule has 3 heterocycles. The summed E-state index contributed by atoms with van der Waals surface area (Å²) < 4.78 is 19.6. The number of halogens is 1. The highest BCUT2D eigenvalue weighted by Gasteiger charge is 2.20. The van der Waals surface area contributed by atoms with Gasteiger partial charge in [-0.2, -0.15) is 0 Å². The van der Waals surface area contributed by atoms with Gasteiger partial charge in [-0.3, -0.25) is 9.78 Å². The molecule has 134 valence electrons. The number of amides is 1. The fourth-order valence-electron chi connectivity index (χ4n) is 2.87. The largest absolute Gasteiger partial charge is 0.356 e. The van der Waals surface area contributed by atoms with Crippen molar-refractivity contribution in [3.63, 3.8) is 0 Å². The lowest BCUT2D eigenvalue weighted by atomic mass is 9.98. The summed E-state index contributed by atoms with van der Waals surface area (Å²) in [6, 6.07) is 1.76. The van der Waals surface area contributed by atoms with E-state index in [1.54, 1.807) is 25.7 Å². The van der Waals surface area contributed by atoms with Crippen LogP contribution in [-0.4, -0.2) is 56.2 Å². The minimum atomic E-state index is -0.626. The zero-order chi connectivity index (χ0) is 18.7. The Morgan fingerprint density at radius 3 is 3.08 bits per heavy atom. The van der Waals surface area contributed by atoms with Gasteiger partial charge >= 0.3 is 0 Å². The third kappa shape index (κ3) is 3.48. The van der Waals surface area contributed by atoms with E-state index in [9.17, 15) is 9.18 Å². The SMILES string of the molecule is [B]c1cnc2c(C(=O)NCCF)cn(CC3=C(C)C(OC)N=CN3)c2c1. The molecular weight excluding hydrogens is 336 g/mol. The molecule has 0 bridgehead atoms. The highest BCUT2D eigenvalue weighted by Crippen LogP contribution is 2.22. The molecule has 9 heteroatoms. The lowest BCUT2D eigenvalue weighted by Crippen LogP contribution is -2.28. The normalized spacial score (nSPS) is 16.8. The number of pyridine rings is 1. The van der Waals surface area contributed by atoms with Gasteiger partial charge in [0.15, 0.2) is 6.23 Å². The van der Waals surface area contributed by atoms with Crippen molar-refractivity contribution >= 4 is 36.6 Å². The van der Waals surface area contributed by atoms with Gasteiger partial charge in [-0.1, -0.05) is 5.46 Å². The molecule has 7 nitrogen and oxygen atoms in total. The quantitative estimate of drug-likeness (QED) is 0.736. The molecule has 1 aliphatic rings. The van der Waals surface area contributed by atoms with Gasteiger partial charge in [0.1, 0.15) is 20.0 Å². The molecule has 2 aromatic heterocycles. The van der Waals surface area contributed by atoms with Crippen molar-refractivity contribution in [1.82, 2.24) is 20.2 Å². The van der Waals surface area contributed by atoms with Gasteiger partial charge in [0, 0.05) is 31.7 Å². The van der Waals surface area contributed by atoms with E-state index < -0.39 is 6.67 Å². The molecule has 1 atom stereocenters. The smallest absolute Gasteiger partial charge is 0.255 e. The number of aromatic nitrogens is 2. The molecule has 0 spiro atoms. The predicted molar refractivity (Wildman–Crippen MR) is 98.6 cm³/mol. The summed E-state index contributed by atoms with van der Waals surface area (Å²) >= 11 is 0. The summed E-state index contributed by atoms with van der Waals surface area (Å²) in [6.45, 7) is 1.71. The number of carbonyl (C=O) groups excluding carboxylic acids is 1. The summed E-state index contributed by atoms with van der Waals surface area (Å²) in [6.07, 6.45) is 4.43. The van der Waals surface area contributed by atoms with E-state index in [2.05, 4.69) is 20.6 Å². The summed E-state index contributed by atoms with van der Waals surface area (Å²) in [7, 11) is 7.46. The first-order valence-corrected chi connectivity index (χ1v) is 8.14. The van der Waals surface area contributed by atoms with Crippen molar-refractivity contribution < 1.29 is 13.9 Å². The molecule has 2 radical (unpaired) electrons. The van der Waals surface area contributed by atoms with Crippen LogP contribution in [0.25, 0.3) is 11.0 Å². The maximum absolute atomic E-state index is 12.4. The van der Waals surface area contributed by atoms with Crippen LogP contribution in [0.1, 0.15) is 17.3 Å². The molecule has 0 saturated carbocycles. The molecule has 26 heavy (non-hydrogen) atoms. The third-order valence-electron chi connectivity index (χ3n) is 4.21. The van der Waals surface area contributed by atoms with Crippen LogP contribution in [0.15, 0.2) is 34.7 Å². The Kier molecular flexibility index (Phi) is 5.36. The van der Waals surface area contributed by atoms with Gasteiger partial charge in [0.2, 0.25) is 0 Å². The molecular formula is C17H19BFN5O2. The number of ether oxygens (including phenoxy) is 1. The van der Waals surface area contributed by atoms with Crippen LogP contribution >= 0.6 is 0 Å². The number of alkyl halides is 1. The van der Waals surface area contributed by atoms with Crippen LogP contribution in [0.2, 0.25) is 0 Å². The van der Waals surface area contributed by atoms with E-state index in [0.717, 1.165) is 11.3 Å². The van der Waals surface area contributed by atoms with Crippen molar-refractivity contribution in [2.24, 2.45) is 4.99 Å². The summed E-state index contributed by atoms with van der Waals surface area (Å²) in [4.78, 5) is 20.8. The molecule has 0 fully saturated rings. The summed E-state index contributed by atoms with van der Waals surface area (Å²) in [5.41, 5.74) is 3.94. The van der Waals surface area contributed by atoms with Crippen molar-refractivity contribution in [2.75, 3.05) is 20.3 Å². The molecule has 1 amide bonds. The number of methoxy groups -OCH3 is 1. The first-order chi connectivity index (χ1) is 12.5. The van der Waals surface area contributed by atoms with Gasteiger partial charge in [-0.05, 0) is 18.6 Å². The van der Waals surface area contributed by atoms with Gasteiger partial charge in [0.05, 0.1) is 24.0 Å². The van der Waals surface area contributed by atoms with Gasteiger partial charge < -0.3 is 19.9 Å². The lowest BCUT2D eigenvalue weighted by molar-refractivity contribution is 0.0952. The molecule has 2 aromatic rings. The van der Waals surface area contributed by atoms with Gasteiger partial charge in [0.25, 0.3) is 5.91 Å². The number of rotatable bonds is 6. The van der Waals surface area contributed by atoms with Gasteiger partial charge in [-0.25, -0.2) is 9.38 Å². The lowest BCUT2D eigenvalue weighted by Gasteiger charge is -2.22. The number of carbonyl (C=O) groups is 1. The van der Waals surface area contributed by atoms with Crippen LogP contribution in [-0.2, 0) is 11.3 Å². The maximum Gasteiger partial charge on any atom is 0.255 e. The molecule has 1 unspecified atom stereocenters. The monoisotopic (exact) mass is 355 g/mol. The Morgan fingerprint density at radius 1 is 1.54 bits per heavy atom. The molecule has 0 aliphatic carbocycles. The Balaban J connectivity index is 2.00. The second-order valence-corrected chi connectivity index (χ2v) is 5.92. The zero-order valence-electron chi connectivity index (χ0n) is 14.6. The average Bonchev–Trinajstić information content (AvgIpc) is 2.99. The van der Waals surface area contributed by atoms with Crippen molar-refractivity contribution in [2.45, 2.75) is 19.7 Å². The van der Waals surface area contributed by atoms with E-state index in [1.807, 2.05) is 11.5 Å². The Bertz CT molecular complexity index is 893. The second-order valence-electron chi connectivity index (χ2n) is 5.92. The number of nitrogens with zero attached hydrogens (tertiary/aromatic N) is 3. The van der Waals surface area contributed by atoms with E-state index in [-0.39, 0.29) is 18.7 Å². The van der Waals surface area contributed by atoms with E-state index >= 15 is 0 Å². The fraction of sp³-hybridized carbons (Fsp3) is 0.353. The van der Waals surface area contributed by atoms with E-state index in [4.69, 9.17) is 12.6 Å². The summed E-state index contributed by atoms with van der Waals surface area (Å²) in [5.74, 6) is -0.373. The van der Waals surface area contributed by atoms with Crippen molar-refractivity contribution in [3.05, 3.63) is 35.3 Å². The Hall–Kier alpha value is -2.68. The zero-order valence-corrected chi connectivity index (χ0v) is 14.6. The maximum atomic E-state index is 12.4. The standard InChI is InChI=1S/C17H19BFN5O2/c1-10-13(22-9-23-17(10)26-2)8-24-7-12(16(25)20-4-3-19)15-14(24)5-11(18)6-21-15/h5-7,9,17H,3-4,8H2,1-2H3,(H,20,25)(H,22,23). The number of nitrogens with one attached hydrogen (secondary N) is 2. The van der Waals surface area contributed by atoms with Crippen LogP contribution in [0.3, 0.4) is 0 Å². The first kappa shape index (κ1) is 18.1. The number of hydrogen-bond donors (Lipinski definition) is 2. The fourth-order valence-corrected chi connectivity index (χ4v) is 2.87. The summed E-state index contributed by atoms with van der Waals surface area (Å²) in [5, 5.41) is 5.65. The second kappa shape index (κ2) is 7.69. The van der Waals surface area contributed by atoms with Crippen LogP contribution in [0.4, 0.5) is 4.39 Å². The first-order valence-electron chi connectivity index (χ1n) is 8.14. The molecule has 2 N–H and O–H groups in total. The Morgan fingerprint density at radius 2 is 2.35 bits per heavy atom. The van der Waals surface area contributed by atoms with E-state index in [1.165, 1.54) is 6.20 Å². The number of allylic oxidation sites excluding steroid dienone is 1. The highest BCUT2D eigenvalue weighted by molar-refractivity contribution is 6.33. The third-order valence-corrected chi connectivity index (χ3v) is 4.21. The van der Waals surface area contributed by atoms with Crippen molar-refractivity contribution in [1.29, 1.82) is 0 Å². The Labute approximate surface area is 151 Å². The highest BCUT2D eigenvalue weighted by atomic mass is 19.1. The minimum Gasteiger partial charge on any atom is -0.356 e. The topological polar surface area (TPSA) is 80.5 Å². The van der Waals surface area contributed by atoms with Gasteiger partial charge in [-0.15, -0.1) is 0 Å². The molecule has 3 rings (SSSR count). The van der Waals surface area contributed by atoms with E-state index in [0.29, 0.717) is 28.6 Å². The molecule has 1 aliphatic heterocycles.